The lowest BCUT2D eigenvalue weighted by atomic mass is 10.3. The van der Waals surface area contributed by atoms with Crippen LogP contribution >= 0.6 is 0 Å². The van der Waals surface area contributed by atoms with Crippen molar-refractivity contribution < 1.29 is 29.3 Å². The number of carbonyl (C=O) groups excluding carboxylic acids is 2. The largest absolute Gasteiger partial charge is 0.479 e. The Morgan fingerprint density at radius 2 is 2.16 bits per heavy atom. The van der Waals surface area contributed by atoms with Crippen LogP contribution in [0.5, 0.6) is 0 Å². The van der Waals surface area contributed by atoms with Gasteiger partial charge in [-0.1, -0.05) is 0 Å². The summed E-state index contributed by atoms with van der Waals surface area (Å²) in [6, 6.07) is -0.669. The summed E-state index contributed by atoms with van der Waals surface area (Å²) in [5.74, 6) is -1.40. The third-order valence-electron chi connectivity index (χ3n) is 2.71. The van der Waals surface area contributed by atoms with Gasteiger partial charge in [0.25, 0.3) is 0 Å². The van der Waals surface area contributed by atoms with Crippen molar-refractivity contribution >= 4 is 18.1 Å². The lowest BCUT2D eigenvalue weighted by Crippen LogP contribution is -2.45. The van der Waals surface area contributed by atoms with Gasteiger partial charge in [-0.3, -0.25) is 0 Å². The van der Waals surface area contributed by atoms with Gasteiger partial charge in [0, 0.05) is 13.1 Å². The van der Waals surface area contributed by atoms with Gasteiger partial charge in [0.15, 0.2) is 6.10 Å². The molecule has 2 unspecified atom stereocenters. The Kier molecular flexibility index (Phi) is 5.37. The lowest BCUT2D eigenvalue weighted by molar-refractivity contribution is -0.146. The molecular formula is C10H17N3O6. The number of amides is 3. The molecule has 1 aliphatic heterocycles. The number of methoxy groups -OCH3 is 1. The first-order chi connectivity index (χ1) is 8.93. The Morgan fingerprint density at radius 1 is 1.47 bits per heavy atom. The maximum atomic E-state index is 11.6. The number of carboxylic acid groups (broad SMARTS) is 1. The molecule has 1 rings (SSSR count). The van der Waals surface area contributed by atoms with Crippen LogP contribution in [0, 0.1) is 0 Å². The van der Waals surface area contributed by atoms with Crippen molar-refractivity contribution in [1.82, 2.24) is 15.5 Å². The molecule has 1 saturated heterocycles. The zero-order valence-electron chi connectivity index (χ0n) is 10.5. The molecule has 0 aromatic carbocycles. The van der Waals surface area contributed by atoms with Gasteiger partial charge in [-0.05, 0) is 6.42 Å². The summed E-state index contributed by atoms with van der Waals surface area (Å²) in [7, 11) is 1.25. The molecule has 0 radical (unpaired) electrons. The molecule has 2 atom stereocenters. The smallest absolute Gasteiger partial charge is 0.407 e. The maximum Gasteiger partial charge on any atom is 0.407 e. The summed E-state index contributed by atoms with van der Waals surface area (Å²) in [6.07, 6.45) is -1.60. The van der Waals surface area contributed by atoms with E-state index in [0.29, 0.717) is 19.5 Å². The van der Waals surface area contributed by atoms with Gasteiger partial charge in [-0.2, -0.15) is 0 Å². The van der Waals surface area contributed by atoms with Crippen molar-refractivity contribution in [2.24, 2.45) is 0 Å². The fourth-order valence-electron chi connectivity index (χ4n) is 1.67. The van der Waals surface area contributed by atoms with Gasteiger partial charge in [-0.25, -0.2) is 14.4 Å². The molecule has 0 aromatic rings. The lowest BCUT2D eigenvalue weighted by Gasteiger charge is -2.18. The van der Waals surface area contributed by atoms with E-state index in [1.165, 1.54) is 12.0 Å². The summed E-state index contributed by atoms with van der Waals surface area (Å²) in [5.41, 5.74) is 0. The van der Waals surface area contributed by atoms with Crippen molar-refractivity contribution in [2.75, 3.05) is 26.7 Å². The van der Waals surface area contributed by atoms with E-state index in [0.717, 1.165) is 0 Å². The number of hydrogen-bond acceptors (Lipinski definition) is 5. The first-order valence-corrected chi connectivity index (χ1v) is 5.72. The monoisotopic (exact) mass is 275 g/mol. The van der Waals surface area contributed by atoms with Gasteiger partial charge in [0.1, 0.15) is 0 Å². The van der Waals surface area contributed by atoms with E-state index in [1.807, 2.05) is 0 Å². The summed E-state index contributed by atoms with van der Waals surface area (Å²) >= 11 is 0. The van der Waals surface area contributed by atoms with E-state index in [2.05, 4.69) is 15.4 Å². The molecule has 1 fully saturated rings. The number of likely N-dealkylation sites (tertiary alicyclic amines) is 1. The molecular weight excluding hydrogens is 258 g/mol. The zero-order valence-corrected chi connectivity index (χ0v) is 10.5. The third kappa shape index (κ3) is 4.62. The van der Waals surface area contributed by atoms with Gasteiger partial charge in [-0.15, -0.1) is 0 Å². The Balaban J connectivity index is 2.32. The molecule has 3 amide bonds. The maximum absolute atomic E-state index is 11.6. The summed E-state index contributed by atoms with van der Waals surface area (Å²) in [6.45, 7) is 0.382. The Morgan fingerprint density at radius 3 is 2.74 bits per heavy atom. The average Bonchev–Trinajstić information content (AvgIpc) is 2.83. The Bertz CT molecular complexity index is 361. The molecule has 19 heavy (non-hydrogen) atoms. The van der Waals surface area contributed by atoms with E-state index >= 15 is 0 Å². The standard InChI is InChI=1S/C10H17N3O6/c1-19-10(18)12-6-2-3-13(5-6)9(17)11-4-7(14)8(15)16/h6-7,14H,2-5H2,1H3,(H,11,17)(H,12,18)(H,15,16). The number of aliphatic hydroxyl groups is 1. The number of carboxylic acids is 1. The number of nitrogens with one attached hydrogen (secondary N) is 2. The topological polar surface area (TPSA) is 128 Å². The van der Waals surface area contributed by atoms with E-state index in [9.17, 15) is 14.4 Å². The molecule has 0 aromatic heterocycles. The highest BCUT2D eigenvalue weighted by atomic mass is 16.5. The van der Waals surface area contributed by atoms with E-state index in [-0.39, 0.29) is 12.6 Å². The number of rotatable bonds is 4. The number of aliphatic carboxylic acids is 1. The second-order valence-corrected chi connectivity index (χ2v) is 4.11. The van der Waals surface area contributed by atoms with Crippen molar-refractivity contribution in [3.05, 3.63) is 0 Å². The van der Waals surface area contributed by atoms with Crippen molar-refractivity contribution in [3.63, 3.8) is 0 Å². The highest BCUT2D eigenvalue weighted by Crippen LogP contribution is 2.09. The normalized spacial score (nSPS) is 19.7. The number of hydrogen-bond donors (Lipinski definition) is 4. The van der Waals surface area contributed by atoms with Crippen LogP contribution in [0.2, 0.25) is 0 Å². The molecule has 0 bridgehead atoms. The minimum absolute atomic E-state index is 0.192. The molecule has 9 nitrogen and oxygen atoms in total. The number of ether oxygens (including phenoxy) is 1. The Labute approximate surface area is 109 Å². The number of alkyl carbamates (subject to hydrolysis) is 1. The van der Waals surface area contributed by atoms with Gasteiger partial charge >= 0.3 is 18.1 Å². The van der Waals surface area contributed by atoms with Crippen LogP contribution in [0.4, 0.5) is 9.59 Å². The van der Waals surface area contributed by atoms with E-state index < -0.39 is 24.2 Å². The average molecular weight is 275 g/mol. The molecule has 108 valence electrons. The number of aliphatic hydroxyl groups excluding tert-OH is 1. The van der Waals surface area contributed by atoms with Crippen molar-refractivity contribution in [1.29, 1.82) is 0 Å². The molecule has 9 heteroatoms. The summed E-state index contributed by atoms with van der Waals surface area (Å²) < 4.78 is 4.45. The highest BCUT2D eigenvalue weighted by molar-refractivity contribution is 5.77. The van der Waals surface area contributed by atoms with Crippen LogP contribution in [0.3, 0.4) is 0 Å². The quantitative estimate of drug-likeness (QED) is 0.498. The summed E-state index contributed by atoms with van der Waals surface area (Å²) in [4.78, 5) is 34.4. The van der Waals surface area contributed by atoms with E-state index in [1.54, 1.807) is 0 Å². The van der Waals surface area contributed by atoms with Gasteiger partial charge in [0.2, 0.25) is 0 Å². The summed E-state index contributed by atoms with van der Waals surface area (Å²) in [5, 5.41) is 22.3. The molecule has 0 saturated carbocycles. The Hall–Kier alpha value is -2.03. The molecule has 4 N–H and O–H groups in total. The predicted molar refractivity (Wildman–Crippen MR) is 62.6 cm³/mol. The van der Waals surface area contributed by atoms with Gasteiger partial charge < -0.3 is 30.5 Å². The second kappa shape index (κ2) is 6.78. The van der Waals surface area contributed by atoms with Crippen LogP contribution < -0.4 is 10.6 Å². The molecule has 1 aliphatic rings. The van der Waals surface area contributed by atoms with Crippen molar-refractivity contribution in [2.45, 2.75) is 18.6 Å². The van der Waals surface area contributed by atoms with E-state index in [4.69, 9.17) is 10.2 Å². The van der Waals surface area contributed by atoms with Gasteiger partial charge in [0.05, 0.1) is 19.7 Å². The van der Waals surface area contributed by atoms with Crippen LogP contribution in [0.25, 0.3) is 0 Å². The first-order valence-electron chi connectivity index (χ1n) is 5.72. The highest BCUT2D eigenvalue weighted by Gasteiger charge is 2.28. The molecule has 0 spiro atoms. The molecule has 1 heterocycles. The fraction of sp³-hybridized carbons (Fsp3) is 0.700. The number of carbonyl (C=O) groups is 3. The zero-order chi connectivity index (χ0) is 14.4. The van der Waals surface area contributed by atoms with Crippen LogP contribution in [0.15, 0.2) is 0 Å². The third-order valence-corrected chi connectivity index (χ3v) is 2.71. The van der Waals surface area contributed by atoms with Crippen LogP contribution in [-0.4, -0.2) is 72.1 Å². The fourth-order valence-corrected chi connectivity index (χ4v) is 1.67. The number of urea groups is 1. The van der Waals surface area contributed by atoms with Crippen molar-refractivity contribution in [3.8, 4) is 0 Å². The molecule has 0 aliphatic carbocycles. The minimum Gasteiger partial charge on any atom is -0.479 e. The minimum atomic E-state index is -1.63. The first kappa shape index (κ1) is 15.0. The van der Waals surface area contributed by atoms with Crippen LogP contribution in [0.1, 0.15) is 6.42 Å². The number of nitrogens with zero attached hydrogens (tertiary/aromatic N) is 1. The van der Waals surface area contributed by atoms with Crippen LogP contribution in [-0.2, 0) is 9.53 Å². The SMILES string of the molecule is COC(=O)NC1CCN(C(=O)NCC(O)C(=O)O)C1. The second-order valence-electron chi connectivity index (χ2n) is 4.11. The predicted octanol–water partition coefficient (Wildman–Crippen LogP) is -1.43.